The molecule has 0 spiro atoms. The highest BCUT2D eigenvalue weighted by Crippen LogP contribution is 2.26. The average Bonchev–Trinajstić information content (AvgIpc) is 2.80. The Kier molecular flexibility index (Phi) is 7.58. The fraction of sp³-hybridized carbons (Fsp3) is 0.125. The number of carbonyl (C=O) groups excluding carboxylic acids is 2. The van der Waals surface area contributed by atoms with Crippen molar-refractivity contribution in [2.45, 2.75) is 13.0 Å². The summed E-state index contributed by atoms with van der Waals surface area (Å²) in [7, 11) is 1.46. The summed E-state index contributed by atoms with van der Waals surface area (Å²) in [5.41, 5.74) is 3.16. The van der Waals surface area contributed by atoms with Crippen molar-refractivity contribution in [2.75, 3.05) is 17.7 Å². The maximum absolute atomic E-state index is 12.5. The smallest absolute Gasteiger partial charge is 0.326 e. The van der Waals surface area contributed by atoms with Crippen molar-refractivity contribution in [2.24, 2.45) is 0 Å². The topological polar surface area (TPSA) is 98.7 Å². The van der Waals surface area contributed by atoms with Crippen LogP contribution in [0.25, 0.3) is 11.1 Å². The van der Waals surface area contributed by atoms with Gasteiger partial charge in [0.25, 0.3) is 5.91 Å². The number of urea groups is 1. The highest BCUT2D eigenvalue weighted by molar-refractivity contribution is 6.36. The van der Waals surface area contributed by atoms with Gasteiger partial charge >= 0.3 is 12.0 Å². The largest absolute Gasteiger partial charge is 0.480 e. The molecule has 3 rings (SSSR count). The third-order valence-corrected chi connectivity index (χ3v) is 5.59. The molecule has 0 fully saturated rings. The van der Waals surface area contributed by atoms with Crippen molar-refractivity contribution in [1.82, 2.24) is 4.90 Å². The van der Waals surface area contributed by atoms with Crippen LogP contribution in [0.5, 0.6) is 0 Å². The van der Waals surface area contributed by atoms with E-state index < -0.39 is 18.0 Å². The zero-order chi connectivity index (χ0) is 24.1. The number of rotatable bonds is 6. The number of nitrogens with one attached hydrogen (secondary N) is 2. The quantitative estimate of drug-likeness (QED) is 0.407. The Labute approximate surface area is 200 Å². The minimum atomic E-state index is -1.07. The second kappa shape index (κ2) is 10.4. The van der Waals surface area contributed by atoms with Crippen molar-refractivity contribution in [3.63, 3.8) is 0 Å². The normalized spacial score (nSPS) is 11.4. The minimum Gasteiger partial charge on any atom is -0.480 e. The summed E-state index contributed by atoms with van der Waals surface area (Å²) < 4.78 is 0. The number of carbonyl (C=O) groups is 3. The standard InChI is InChI=1S/C24H21Cl2N3O4/c1-14(23(31)32)29(2)22(30)17-5-3-15(4-6-17)16-7-10-19(11-8-16)27-24(33)28-21-12-9-18(25)13-20(21)26/h3-14H,1-2H3,(H,31,32)(H2,27,28,33)/t14-/m0/s1. The molecule has 3 N–H and O–H groups in total. The first kappa shape index (κ1) is 24.1. The van der Waals surface area contributed by atoms with Crippen LogP contribution in [0.2, 0.25) is 10.0 Å². The van der Waals surface area contributed by atoms with Crippen LogP contribution in [0.15, 0.2) is 66.7 Å². The molecule has 1 atom stereocenters. The summed E-state index contributed by atoms with van der Waals surface area (Å²) in [5.74, 6) is -1.44. The fourth-order valence-corrected chi connectivity index (χ4v) is 3.43. The number of benzene rings is 3. The van der Waals surface area contributed by atoms with Crippen molar-refractivity contribution in [3.8, 4) is 11.1 Å². The zero-order valence-electron chi connectivity index (χ0n) is 17.8. The van der Waals surface area contributed by atoms with Crippen molar-refractivity contribution < 1.29 is 19.5 Å². The summed E-state index contributed by atoms with van der Waals surface area (Å²) in [6.45, 7) is 1.45. The van der Waals surface area contributed by atoms with Gasteiger partial charge in [-0.1, -0.05) is 47.5 Å². The van der Waals surface area contributed by atoms with Crippen molar-refractivity contribution in [1.29, 1.82) is 0 Å². The number of amides is 3. The number of aliphatic carboxylic acids is 1. The predicted molar refractivity (Wildman–Crippen MR) is 130 cm³/mol. The molecule has 3 aromatic rings. The highest BCUT2D eigenvalue weighted by atomic mass is 35.5. The molecule has 0 saturated carbocycles. The van der Waals surface area contributed by atoms with Crippen LogP contribution >= 0.6 is 23.2 Å². The maximum atomic E-state index is 12.5. The first-order chi connectivity index (χ1) is 15.7. The van der Waals surface area contributed by atoms with E-state index in [4.69, 9.17) is 28.3 Å². The van der Waals surface area contributed by atoms with Crippen molar-refractivity contribution in [3.05, 3.63) is 82.3 Å². The van der Waals surface area contributed by atoms with Gasteiger partial charge in [-0.25, -0.2) is 9.59 Å². The number of hydrogen-bond acceptors (Lipinski definition) is 3. The van der Waals surface area contributed by atoms with E-state index in [2.05, 4.69) is 10.6 Å². The zero-order valence-corrected chi connectivity index (χ0v) is 19.3. The number of nitrogens with zero attached hydrogens (tertiary/aromatic N) is 1. The molecule has 170 valence electrons. The lowest BCUT2D eigenvalue weighted by atomic mass is 10.0. The molecule has 0 saturated heterocycles. The Hall–Kier alpha value is -3.55. The molecule has 3 aromatic carbocycles. The van der Waals surface area contributed by atoms with Gasteiger partial charge in [0, 0.05) is 23.3 Å². The van der Waals surface area contributed by atoms with E-state index in [1.165, 1.54) is 24.9 Å². The Morgan fingerprint density at radius 2 is 1.45 bits per heavy atom. The number of anilines is 2. The molecule has 7 nitrogen and oxygen atoms in total. The molecule has 0 aliphatic heterocycles. The summed E-state index contributed by atoms with van der Waals surface area (Å²) in [5, 5.41) is 15.3. The molecular formula is C24H21Cl2N3O4. The molecule has 3 amide bonds. The van der Waals surface area contributed by atoms with E-state index in [-0.39, 0.29) is 5.91 Å². The molecule has 0 aliphatic carbocycles. The Morgan fingerprint density at radius 1 is 0.879 bits per heavy atom. The van der Waals surface area contributed by atoms with Crippen LogP contribution in [0.3, 0.4) is 0 Å². The molecule has 0 radical (unpaired) electrons. The van der Waals surface area contributed by atoms with E-state index >= 15 is 0 Å². The Bertz CT molecular complexity index is 1180. The molecule has 33 heavy (non-hydrogen) atoms. The molecule has 0 aromatic heterocycles. The molecule has 0 aliphatic rings. The van der Waals surface area contributed by atoms with Crippen LogP contribution in [0, 0.1) is 0 Å². The molecule has 0 heterocycles. The van der Waals surface area contributed by atoms with Crippen LogP contribution in [0.1, 0.15) is 17.3 Å². The maximum Gasteiger partial charge on any atom is 0.326 e. The number of carboxylic acids is 1. The van der Waals surface area contributed by atoms with Gasteiger partial charge in [0.2, 0.25) is 0 Å². The van der Waals surface area contributed by atoms with Gasteiger partial charge in [-0.3, -0.25) is 4.79 Å². The summed E-state index contributed by atoms with van der Waals surface area (Å²) in [6, 6.07) is 17.4. The third kappa shape index (κ3) is 6.03. The van der Waals surface area contributed by atoms with E-state index in [0.29, 0.717) is 27.0 Å². The van der Waals surface area contributed by atoms with Gasteiger partial charge in [-0.2, -0.15) is 0 Å². The lowest BCUT2D eigenvalue weighted by Crippen LogP contribution is -2.40. The Morgan fingerprint density at radius 3 is 2.00 bits per heavy atom. The van der Waals surface area contributed by atoms with Crippen LogP contribution in [-0.2, 0) is 4.79 Å². The Balaban J connectivity index is 1.64. The number of likely N-dealkylation sites (N-methyl/N-ethyl adjacent to an activating group) is 1. The fourth-order valence-electron chi connectivity index (χ4n) is 2.97. The lowest BCUT2D eigenvalue weighted by molar-refractivity contribution is -0.141. The molecule has 0 bridgehead atoms. The summed E-state index contributed by atoms with van der Waals surface area (Å²) in [4.78, 5) is 37.0. The van der Waals surface area contributed by atoms with Gasteiger partial charge in [0.1, 0.15) is 6.04 Å². The second-order valence-corrected chi connectivity index (χ2v) is 8.13. The molecule has 0 unspecified atom stereocenters. The van der Waals surface area contributed by atoms with Gasteiger partial charge < -0.3 is 20.6 Å². The first-order valence-electron chi connectivity index (χ1n) is 9.89. The van der Waals surface area contributed by atoms with Gasteiger partial charge in [-0.05, 0) is 60.5 Å². The van der Waals surface area contributed by atoms with Crippen LogP contribution in [0.4, 0.5) is 16.2 Å². The molecular weight excluding hydrogens is 465 g/mol. The minimum absolute atomic E-state index is 0.332. The highest BCUT2D eigenvalue weighted by Gasteiger charge is 2.22. The summed E-state index contributed by atoms with van der Waals surface area (Å²) in [6.07, 6.45) is 0. The first-order valence-corrected chi connectivity index (χ1v) is 10.6. The van der Waals surface area contributed by atoms with E-state index in [0.717, 1.165) is 11.1 Å². The van der Waals surface area contributed by atoms with Crippen LogP contribution < -0.4 is 10.6 Å². The average molecular weight is 486 g/mol. The lowest BCUT2D eigenvalue weighted by Gasteiger charge is -2.21. The second-order valence-electron chi connectivity index (χ2n) is 7.29. The number of carboxylic acid groups (broad SMARTS) is 1. The van der Waals surface area contributed by atoms with E-state index in [1.54, 1.807) is 48.5 Å². The van der Waals surface area contributed by atoms with Crippen LogP contribution in [-0.4, -0.2) is 41.0 Å². The SMILES string of the molecule is C[C@@H](C(=O)O)N(C)C(=O)c1ccc(-c2ccc(NC(=O)Nc3ccc(Cl)cc3Cl)cc2)cc1. The summed E-state index contributed by atoms with van der Waals surface area (Å²) >= 11 is 11.9. The van der Waals surface area contributed by atoms with E-state index in [9.17, 15) is 14.4 Å². The van der Waals surface area contributed by atoms with Gasteiger partial charge in [-0.15, -0.1) is 0 Å². The van der Waals surface area contributed by atoms with E-state index in [1.807, 2.05) is 12.1 Å². The monoisotopic (exact) mass is 485 g/mol. The third-order valence-electron chi connectivity index (χ3n) is 5.05. The van der Waals surface area contributed by atoms with Gasteiger partial charge in [0.15, 0.2) is 0 Å². The molecule has 9 heteroatoms. The predicted octanol–water partition coefficient (Wildman–Crippen LogP) is 5.85. The number of hydrogen-bond donors (Lipinski definition) is 3. The van der Waals surface area contributed by atoms with Gasteiger partial charge in [0.05, 0.1) is 10.7 Å². The van der Waals surface area contributed by atoms with Crippen molar-refractivity contribution >= 4 is 52.5 Å². The number of halogens is 2.